The van der Waals surface area contributed by atoms with Gasteiger partial charge in [-0.05, 0) is 63.5 Å². The first-order valence-electron chi connectivity index (χ1n) is 10.3. The summed E-state index contributed by atoms with van der Waals surface area (Å²) in [6.07, 6.45) is 4.32. The summed E-state index contributed by atoms with van der Waals surface area (Å²) in [6.45, 7) is 10.5. The SMILES string of the molecule is CCOc1c(/C(C)=C/C(=O)NC(C)CC)cc2c(-c3cccc(Br)c3)coc2c1C. The Balaban J connectivity index is 2.15. The average molecular weight is 470 g/mol. The summed E-state index contributed by atoms with van der Waals surface area (Å²) in [5.41, 5.74) is 5.56. The normalized spacial score (nSPS) is 12.8. The summed E-state index contributed by atoms with van der Waals surface area (Å²) in [5, 5.41) is 3.99. The van der Waals surface area contributed by atoms with Gasteiger partial charge in [-0.15, -0.1) is 0 Å². The lowest BCUT2D eigenvalue weighted by Gasteiger charge is -2.15. The molecule has 1 unspecified atom stereocenters. The molecule has 3 aromatic rings. The second kappa shape index (κ2) is 9.52. The zero-order chi connectivity index (χ0) is 21.8. The fourth-order valence-corrected chi connectivity index (χ4v) is 3.88. The third kappa shape index (κ3) is 4.62. The van der Waals surface area contributed by atoms with E-state index in [1.807, 2.05) is 46.8 Å². The van der Waals surface area contributed by atoms with Crippen molar-refractivity contribution >= 4 is 38.4 Å². The van der Waals surface area contributed by atoms with E-state index in [2.05, 4.69) is 39.4 Å². The number of carbonyl (C=O) groups excluding carboxylic acids is 1. The predicted octanol–water partition coefficient (Wildman–Crippen LogP) is 6.89. The molecule has 158 valence electrons. The van der Waals surface area contributed by atoms with Crippen LogP contribution >= 0.6 is 15.9 Å². The average Bonchev–Trinajstić information content (AvgIpc) is 3.14. The third-order valence-corrected chi connectivity index (χ3v) is 5.73. The highest BCUT2D eigenvalue weighted by Gasteiger charge is 2.19. The van der Waals surface area contributed by atoms with E-state index < -0.39 is 0 Å². The van der Waals surface area contributed by atoms with Gasteiger partial charge in [-0.2, -0.15) is 0 Å². The highest BCUT2D eigenvalue weighted by molar-refractivity contribution is 9.10. The van der Waals surface area contributed by atoms with E-state index in [4.69, 9.17) is 9.15 Å². The Labute approximate surface area is 186 Å². The molecule has 1 aromatic heterocycles. The monoisotopic (exact) mass is 469 g/mol. The summed E-state index contributed by atoms with van der Waals surface area (Å²) < 4.78 is 12.9. The van der Waals surface area contributed by atoms with Crippen molar-refractivity contribution in [1.29, 1.82) is 0 Å². The molecule has 0 bridgehead atoms. The van der Waals surface area contributed by atoms with Gasteiger partial charge in [-0.3, -0.25) is 4.79 Å². The lowest BCUT2D eigenvalue weighted by Crippen LogP contribution is -2.30. The van der Waals surface area contributed by atoms with Crippen LogP contribution in [-0.2, 0) is 4.79 Å². The van der Waals surface area contributed by atoms with Crippen LogP contribution in [0.1, 0.15) is 45.2 Å². The summed E-state index contributed by atoms with van der Waals surface area (Å²) >= 11 is 3.54. The first-order valence-corrected chi connectivity index (χ1v) is 11.1. The molecule has 0 aliphatic carbocycles. The Morgan fingerprint density at radius 2 is 2.07 bits per heavy atom. The van der Waals surface area contributed by atoms with Crippen molar-refractivity contribution in [2.75, 3.05) is 6.61 Å². The maximum atomic E-state index is 12.4. The van der Waals surface area contributed by atoms with Crippen LogP contribution in [0.5, 0.6) is 5.75 Å². The molecule has 0 saturated heterocycles. The van der Waals surface area contributed by atoms with Crippen molar-refractivity contribution in [3.8, 4) is 16.9 Å². The number of fused-ring (bicyclic) bond motifs is 1. The number of ether oxygens (including phenoxy) is 1. The number of allylic oxidation sites excluding steroid dienone is 1. The maximum absolute atomic E-state index is 12.4. The Bertz CT molecular complexity index is 1100. The zero-order valence-electron chi connectivity index (χ0n) is 18.1. The van der Waals surface area contributed by atoms with Gasteiger partial charge in [0, 0.05) is 38.7 Å². The van der Waals surface area contributed by atoms with Crippen LogP contribution in [0.4, 0.5) is 0 Å². The second-order valence-corrected chi connectivity index (χ2v) is 8.41. The molecule has 5 heteroatoms. The smallest absolute Gasteiger partial charge is 0.244 e. The Morgan fingerprint density at radius 3 is 2.73 bits per heavy atom. The molecule has 0 radical (unpaired) electrons. The van der Waals surface area contributed by atoms with Crippen molar-refractivity contribution in [2.24, 2.45) is 0 Å². The van der Waals surface area contributed by atoms with E-state index >= 15 is 0 Å². The maximum Gasteiger partial charge on any atom is 0.244 e. The Hall–Kier alpha value is -2.53. The Morgan fingerprint density at radius 1 is 1.30 bits per heavy atom. The van der Waals surface area contributed by atoms with Crippen LogP contribution in [0.15, 0.2) is 51.6 Å². The highest BCUT2D eigenvalue weighted by atomic mass is 79.9. The van der Waals surface area contributed by atoms with Crippen molar-refractivity contribution < 1.29 is 13.9 Å². The summed E-state index contributed by atoms with van der Waals surface area (Å²) in [5.74, 6) is 0.659. The van der Waals surface area contributed by atoms with E-state index in [1.165, 1.54) is 0 Å². The van der Waals surface area contributed by atoms with Gasteiger partial charge in [0.25, 0.3) is 0 Å². The minimum absolute atomic E-state index is 0.0959. The minimum atomic E-state index is -0.0959. The molecule has 4 nitrogen and oxygen atoms in total. The van der Waals surface area contributed by atoms with Crippen LogP contribution in [0.2, 0.25) is 0 Å². The molecule has 2 aromatic carbocycles. The zero-order valence-corrected chi connectivity index (χ0v) is 19.7. The van der Waals surface area contributed by atoms with Crippen molar-refractivity contribution in [3.63, 3.8) is 0 Å². The molecule has 30 heavy (non-hydrogen) atoms. The first-order chi connectivity index (χ1) is 14.3. The number of benzene rings is 2. The predicted molar refractivity (Wildman–Crippen MR) is 127 cm³/mol. The number of hydrogen-bond donors (Lipinski definition) is 1. The highest BCUT2D eigenvalue weighted by Crippen LogP contribution is 2.41. The molecule has 0 fully saturated rings. The standard InChI is InChI=1S/C25H28BrNO3/c1-6-16(4)27-23(28)11-15(3)20-13-21-22(18-9-8-10-19(26)12-18)14-30-25(21)17(5)24(20)29-7-2/h8-14,16H,6-7H2,1-5H3,(H,27,28)/b15-11+. The Kier molecular flexibility index (Phi) is 7.03. The van der Waals surface area contributed by atoms with Gasteiger partial charge < -0.3 is 14.5 Å². The van der Waals surface area contributed by atoms with E-state index in [-0.39, 0.29) is 11.9 Å². The molecule has 1 atom stereocenters. The van der Waals surface area contributed by atoms with Gasteiger partial charge in [-0.25, -0.2) is 0 Å². The molecule has 0 spiro atoms. The molecule has 1 N–H and O–H groups in total. The molecule has 0 aliphatic heterocycles. The molecule has 1 amide bonds. The van der Waals surface area contributed by atoms with Gasteiger partial charge >= 0.3 is 0 Å². The van der Waals surface area contributed by atoms with Crippen LogP contribution in [0, 0.1) is 6.92 Å². The third-order valence-electron chi connectivity index (χ3n) is 5.24. The van der Waals surface area contributed by atoms with Gasteiger partial charge in [0.1, 0.15) is 11.3 Å². The van der Waals surface area contributed by atoms with Gasteiger partial charge in [-0.1, -0.05) is 35.0 Å². The van der Waals surface area contributed by atoms with E-state index in [0.717, 1.165) is 55.4 Å². The van der Waals surface area contributed by atoms with Gasteiger partial charge in [0.05, 0.1) is 12.9 Å². The van der Waals surface area contributed by atoms with Gasteiger partial charge in [0.2, 0.25) is 5.91 Å². The number of halogens is 1. The van der Waals surface area contributed by atoms with Crippen LogP contribution < -0.4 is 10.1 Å². The number of rotatable bonds is 7. The van der Waals surface area contributed by atoms with Crippen LogP contribution in [-0.4, -0.2) is 18.6 Å². The topological polar surface area (TPSA) is 51.5 Å². The number of nitrogens with one attached hydrogen (secondary N) is 1. The minimum Gasteiger partial charge on any atom is -0.493 e. The van der Waals surface area contributed by atoms with Crippen molar-refractivity contribution in [2.45, 2.75) is 47.1 Å². The second-order valence-electron chi connectivity index (χ2n) is 7.49. The molecular weight excluding hydrogens is 442 g/mol. The van der Waals surface area contributed by atoms with Crippen molar-refractivity contribution in [1.82, 2.24) is 5.32 Å². The fraction of sp³-hybridized carbons (Fsp3) is 0.320. The number of hydrogen-bond acceptors (Lipinski definition) is 3. The molecule has 3 rings (SSSR count). The molecular formula is C25H28BrNO3. The summed E-state index contributed by atoms with van der Waals surface area (Å²) in [6, 6.07) is 10.3. The van der Waals surface area contributed by atoms with E-state index in [0.29, 0.717) is 6.61 Å². The molecule has 0 saturated carbocycles. The number of amides is 1. The lowest BCUT2D eigenvalue weighted by atomic mass is 9.96. The summed E-state index contributed by atoms with van der Waals surface area (Å²) in [7, 11) is 0. The molecule has 1 heterocycles. The quantitative estimate of drug-likeness (QED) is 0.383. The number of aryl methyl sites for hydroxylation is 1. The van der Waals surface area contributed by atoms with E-state index in [1.54, 1.807) is 12.3 Å². The summed E-state index contributed by atoms with van der Waals surface area (Å²) in [4.78, 5) is 12.4. The first kappa shape index (κ1) is 22.2. The lowest BCUT2D eigenvalue weighted by molar-refractivity contribution is -0.117. The van der Waals surface area contributed by atoms with Crippen LogP contribution in [0.3, 0.4) is 0 Å². The largest absolute Gasteiger partial charge is 0.493 e. The van der Waals surface area contributed by atoms with Crippen molar-refractivity contribution in [3.05, 3.63) is 58.3 Å². The fourth-order valence-electron chi connectivity index (χ4n) is 3.48. The molecule has 0 aliphatic rings. The van der Waals surface area contributed by atoms with Gasteiger partial charge in [0.15, 0.2) is 0 Å². The number of furan rings is 1. The number of carbonyl (C=O) groups is 1. The van der Waals surface area contributed by atoms with E-state index in [9.17, 15) is 4.79 Å². The van der Waals surface area contributed by atoms with Crippen LogP contribution in [0.25, 0.3) is 27.7 Å².